The van der Waals surface area contributed by atoms with E-state index in [1.165, 1.54) is 6.20 Å². The maximum atomic E-state index is 14.9. The lowest BCUT2D eigenvalue weighted by Gasteiger charge is -2.38. The van der Waals surface area contributed by atoms with Crippen LogP contribution in [0.3, 0.4) is 0 Å². The molecule has 1 N–H and O–H groups in total. The zero-order chi connectivity index (χ0) is 23.2. The van der Waals surface area contributed by atoms with E-state index in [0.717, 1.165) is 38.6 Å². The Hall–Kier alpha value is -1.81. The highest BCUT2D eigenvalue weighted by Gasteiger charge is 2.49. The summed E-state index contributed by atoms with van der Waals surface area (Å²) in [6, 6.07) is 0.521. The number of hydrogen-bond donors (Lipinski definition) is 1. The molecule has 0 saturated carbocycles. The van der Waals surface area contributed by atoms with Crippen molar-refractivity contribution >= 4 is 28.3 Å². The minimum Gasteiger partial charge on any atom is -0.461 e. The summed E-state index contributed by atoms with van der Waals surface area (Å²) in [4.78, 5) is 17.5. The van der Waals surface area contributed by atoms with Crippen molar-refractivity contribution in [1.29, 1.82) is 0 Å². The smallest absolute Gasteiger partial charge is 0.319 e. The molecule has 33 heavy (non-hydrogen) atoms. The molecule has 10 heteroatoms. The van der Waals surface area contributed by atoms with E-state index in [4.69, 9.17) is 21.1 Å². The molecule has 5 heterocycles. The van der Waals surface area contributed by atoms with Gasteiger partial charge < -0.3 is 19.5 Å². The summed E-state index contributed by atoms with van der Waals surface area (Å²) >= 11 is 5.96. The number of pyridine rings is 1. The van der Waals surface area contributed by atoms with Gasteiger partial charge in [0, 0.05) is 32.4 Å². The summed E-state index contributed by atoms with van der Waals surface area (Å²) < 4.78 is 26.5. The summed E-state index contributed by atoms with van der Waals surface area (Å²) in [6.45, 7) is 5.07. The number of β-amino-alcohol motifs (C(OH)–C–C–N with tert-alkyl or cyclic N) is 1. The Morgan fingerprint density at radius 1 is 1.24 bits per heavy atom. The molecule has 0 aliphatic carbocycles. The van der Waals surface area contributed by atoms with Gasteiger partial charge in [0.1, 0.15) is 17.9 Å². The Balaban J connectivity index is 1.47. The number of fused-ring (bicyclic) bond motifs is 2. The molecule has 0 bridgehead atoms. The van der Waals surface area contributed by atoms with Gasteiger partial charge in [-0.25, -0.2) is 9.37 Å². The van der Waals surface area contributed by atoms with Crippen LogP contribution >= 0.6 is 11.6 Å². The van der Waals surface area contributed by atoms with Crippen LogP contribution in [0.1, 0.15) is 45.4 Å². The fourth-order valence-electron chi connectivity index (χ4n) is 5.89. The Kier molecular flexibility index (Phi) is 6.09. The van der Waals surface area contributed by atoms with Gasteiger partial charge in [0.2, 0.25) is 0 Å². The van der Waals surface area contributed by atoms with E-state index in [1.54, 1.807) is 14.0 Å². The van der Waals surface area contributed by atoms with Crippen LogP contribution in [0.15, 0.2) is 6.20 Å². The van der Waals surface area contributed by atoms with Crippen molar-refractivity contribution in [2.45, 2.75) is 62.6 Å². The van der Waals surface area contributed by atoms with E-state index < -0.39 is 11.4 Å². The van der Waals surface area contributed by atoms with E-state index in [9.17, 15) is 9.50 Å². The maximum absolute atomic E-state index is 14.9. The fourth-order valence-corrected chi connectivity index (χ4v) is 6.02. The topological polar surface area (TPSA) is 83.8 Å². The predicted molar refractivity (Wildman–Crippen MR) is 123 cm³/mol. The van der Waals surface area contributed by atoms with Gasteiger partial charge >= 0.3 is 6.01 Å². The molecule has 3 aliphatic rings. The van der Waals surface area contributed by atoms with Crippen LogP contribution in [0.25, 0.3) is 10.9 Å². The standard InChI is InChI=1S/C23H31ClFN5O3/c1-22(31)6-3-9-29(13-22)20-16-11-26-19(24)17(25)18(16)27-21(28-20)33-14-23-7-4-10-30(23)15(5-8-23)12-32-2/h11,15,31H,3-10,12-14H2,1-2H3/t15-,22?,23+/m0/s1. The summed E-state index contributed by atoms with van der Waals surface area (Å²) in [6.07, 6.45) is 7.26. The molecule has 5 rings (SSSR count). The molecule has 0 spiro atoms. The molecule has 8 nitrogen and oxygen atoms in total. The van der Waals surface area contributed by atoms with Crippen LogP contribution in [0, 0.1) is 5.82 Å². The average molecular weight is 480 g/mol. The summed E-state index contributed by atoms with van der Waals surface area (Å²) in [5, 5.41) is 10.8. The second kappa shape index (κ2) is 8.76. The number of rotatable bonds is 6. The van der Waals surface area contributed by atoms with E-state index in [0.29, 0.717) is 50.0 Å². The Bertz CT molecular complexity index is 1040. The number of ether oxygens (including phenoxy) is 2. The molecular formula is C23H31ClFN5O3. The monoisotopic (exact) mass is 479 g/mol. The number of methoxy groups -OCH3 is 1. The second-order valence-corrected chi connectivity index (χ2v) is 10.3. The number of aliphatic hydroxyl groups is 1. The van der Waals surface area contributed by atoms with E-state index in [-0.39, 0.29) is 22.2 Å². The van der Waals surface area contributed by atoms with Crippen LogP contribution in [-0.2, 0) is 4.74 Å². The number of halogens is 2. The van der Waals surface area contributed by atoms with E-state index in [2.05, 4.69) is 19.9 Å². The molecule has 0 radical (unpaired) electrons. The Morgan fingerprint density at radius 3 is 2.85 bits per heavy atom. The van der Waals surface area contributed by atoms with Crippen LogP contribution in [0.5, 0.6) is 6.01 Å². The number of hydrogen-bond acceptors (Lipinski definition) is 8. The Labute approximate surface area is 198 Å². The lowest BCUT2D eigenvalue weighted by atomic mass is 9.95. The van der Waals surface area contributed by atoms with Gasteiger partial charge in [0.05, 0.1) is 23.1 Å². The van der Waals surface area contributed by atoms with Gasteiger partial charge in [-0.3, -0.25) is 4.90 Å². The van der Waals surface area contributed by atoms with Gasteiger partial charge in [0.25, 0.3) is 0 Å². The first kappa shape index (κ1) is 23.0. The minimum absolute atomic E-state index is 0.0646. The number of piperidine rings is 1. The SMILES string of the molecule is COC[C@@H]1CC[C@@]2(COc3nc(N4CCCC(C)(O)C4)c4cnc(Cl)c(F)c4n3)CCCN12. The van der Waals surface area contributed by atoms with Crippen molar-refractivity contribution in [2.24, 2.45) is 0 Å². The van der Waals surface area contributed by atoms with Crippen molar-refractivity contribution in [3.05, 3.63) is 17.2 Å². The maximum Gasteiger partial charge on any atom is 0.319 e. The van der Waals surface area contributed by atoms with Gasteiger partial charge in [-0.15, -0.1) is 0 Å². The Morgan fingerprint density at radius 2 is 2.06 bits per heavy atom. The van der Waals surface area contributed by atoms with E-state index in [1.807, 2.05) is 4.90 Å². The molecule has 180 valence electrons. The molecule has 1 unspecified atom stereocenters. The molecular weight excluding hydrogens is 449 g/mol. The second-order valence-electron chi connectivity index (χ2n) is 9.93. The van der Waals surface area contributed by atoms with Gasteiger partial charge in [0.15, 0.2) is 11.0 Å². The third-order valence-corrected chi connectivity index (χ3v) is 7.70. The minimum atomic E-state index is -0.849. The average Bonchev–Trinajstić information content (AvgIpc) is 3.34. The zero-order valence-corrected chi connectivity index (χ0v) is 19.9. The van der Waals surface area contributed by atoms with Crippen LogP contribution in [0.2, 0.25) is 5.15 Å². The first-order valence-electron chi connectivity index (χ1n) is 11.7. The predicted octanol–water partition coefficient (Wildman–Crippen LogP) is 3.19. The van der Waals surface area contributed by atoms with Crippen LogP contribution in [0.4, 0.5) is 10.2 Å². The van der Waals surface area contributed by atoms with Gasteiger partial charge in [-0.2, -0.15) is 9.97 Å². The first-order valence-corrected chi connectivity index (χ1v) is 12.1. The van der Waals surface area contributed by atoms with Crippen molar-refractivity contribution < 1.29 is 19.0 Å². The van der Waals surface area contributed by atoms with Gasteiger partial charge in [-0.1, -0.05) is 11.6 Å². The fraction of sp³-hybridized carbons (Fsp3) is 0.696. The summed E-state index contributed by atoms with van der Waals surface area (Å²) in [5.41, 5.74) is -0.826. The third-order valence-electron chi connectivity index (χ3n) is 7.44. The number of anilines is 1. The molecule has 3 fully saturated rings. The summed E-state index contributed by atoms with van der Waals surface area (Å²) in [7, 11) is 1.74. The quantitative estimate of drug-likeness (QED) is 0.632. The van der Waals surface area contributed by atoms with Crippen molar-refractivity contribution in [3.8, 4) is 6.01 Å². The van der Waals surface area contributed by atoms with Crippen LogP contribution < -0.4 is 9.64 Å². The number of nitrogens with zero attached hydrogens (tertiary/aromatic N) is 5. The van der Waals surface area contributed by atoms with Gasteiger partial charge in [-0.05, 0) is 52.0 Å². The molecule has 2 aromatic rings. The lowest BCUT2D eigenvalue weighted by Crippen LogP contribution is -2.48. The van der Waals surface area contributed by atoms with Crippen LogP contribution in [-0.4, -0.2) is 82.1 Å². The molecule has 0 aromatic carbocycles. The van der Waals surface area contributed by atoms with Crippen molar-refractivity contribution in [2.75, 3.05) is 44.9 Å². The van der Waals surface area contributed by atoms with Crippen molar-refractivity contribution in [1.82, 2.24) is 19.9 Å². The highest BCUT2D eigenvalue weighted by molar-refractivity contribution is 6.30. The van der Waals surface area contributed by atoms with Crippen molar-refractivity contribution in [3.63, 3.8) is 0 Å². The normalized spacial score (nSPS) is 30.2. The number of aromatic nitrogens is 3. The zero-order valence-electron chi connectivity index (χ0n) is 19.2. The molecule has 0 amide bonds. The molecule has 3 saturated heterocycles. The summed E-state index contributed by atoms with van der Waals surface area (Å²) in [5.74, 6) is -0.171. The van der Waals surface area contributed by atoms with E-state index >= 15 is 0 Å². The third kappa shape index (κ3) is 4.24. The largest absolute Gasteiger partial charge is 0.461 e. The molecule has 3 atom stereocenters. The molecule has 2 aromatic heterocycles. The lowest BCUT2D eigenvalue weighted by molar-refractivity contribution is 0.0445. The highest BCUT2D eigenvalue weighted by atomic mass is 35.5. The first-order chi connectivity index (χ1) is 15.8. The highest BCUT2D eigenvalue weighted by Crippen LogP contribution is 2.43. The molecule has 3 aliphatic heterocycles.